The number of hydrogen-bond donors (Lipinski definition) is 1. The van der Waals surface area contributed by atoms with Crippen LogP contribution < -0.4 is 5.43 Å². The molecule has 0 unspecified atom stereocenters. The molecule has 64 valence electrons. The van der Waals surface area contributed by atoms with E-state index < -0.39 is 0 Å². The summed E-state index contributed by atoms with van der Waals surface area (Å²) in [5.41, 5.74) is 5.05. The monoisotopic (exact) mass is 173 g/mol. The van der Waals surface area contributed by atoms with Crippen molar-refractivity contribution < 1.29 is 0 Å². The van der Waals surface area contributed by atoms with Crippen molar-refractivity contribution in [3.05, 3.63) is 34.7 Å². The van der Waals surface area contributed by atoms with Crippen LogP contribution in [0.25, 0.3) is 6.08 Å². The van der Waals surface area contributed by atoms with Crippen molar-refractivity contribution in [2.24, 2.45) is 10.3 Å². The van der Waals surface area contributed by atoms with Crippen LogP contribution in [-0.4, -0.2) is 6.21 Å². The smallest absolute Gasteiger partial charge is 0.108 e. The fourth-order valence-corrected chi connectivity index (χ4v) is 1.14. The zero-order valence-electron chi connectivity index (χ0n) is 6.77. The van der Waals surface area contributed by atoms with Crippen molar-refractivity contribution in [3.8, 4) is 0 Å². The summed E-state index contributed by atoms with van der Waals surface area (Å²) in [6.45, 7) is 0. The van der Waals surface area contributed by atoms with E-state index in [1.807, 2.05) is 6.08 Å². The van der Waals surface area contributed by atoms with Crippen LogP contribution in [-0.2, 0) is 0 Å². The van der Waals surface area contributed by atoms with Crippen molar-refractivity contribution in [1.82, 2.24) is 0 Å². The third kappa shape index (κ3) is 1.46. The van der Waals surface area contributed by atoms with Crippen LogP contribution in [0.4, 0.5) is 11.4 Å². The molecule has 1 N–H and O–H groups in total. The molecule has 0 amide bonds. The maximum atomic E-state index is 10.3. The van der Waals surface area contributed by atoms with E-state index >= 15 is 0 Å². The first-order valence-corrected chi connectivity index (χ1v) is 3.83. The molecule has 1 aliphatic heterocycles. The number of nitroso groups, excluding NO2 is 1. The van der Waals surface area contributed by atoms with Gasteiger partial charge in [0.2, 0.25) is 0 Å². The Morgan fingerprint density at radius 2 is 2.31 bits per heavy atom. The first-order valence-electron chi connectivity index (χ1n) is 3.83. The Hall–Kier alpha value is -1.97. The zero-order chi connectivity index (χ0) is 9.10. The first-order chi connectivity index (χ1) is 6.40. The molecule has 0 saturated heterocycles. The molecule has 4 heteroatoms. The zero-order valence-corrected chi connectivity index (χ0v) is 6.77. The minimum absolute atomic E-state index is 0.423. The third-order valence-electron chi connectivity index (χ3n) is 1.76. The van der Waals surface area contributed by atoms with Gasteiger partial charge >= 0.3 is 0 Å². The van der Waals surface area contributed by atoms with Gasteiger partial charge < -0.3 is 0 Å². The van der Waals surface area contributed by atoms with E-state index in [9.17, 15) is 4.91 Å². The standard InChI is InChI=1S/C9H7N3O/c13-12-8-3-4-9-7(6-8)2-1-5-10-11-9/h1-6,11H. The topological polar surface area (TPSA) is 53.8 Å². The Morgan fingerprint density at radius 1 is 1.38 bits per heavy atom. The number of anilines is 1. The molecule has 0 aromatic heterocycles. The van der Waals surface area contributed by atoms with Gasteiger partial charge in [0.25, 0.3) is 0 Å². The molecule has 0 spiro atoms. The molecule has 13 heavy (non-hydrogen) atoms. The average Bonchev–Trinajstić information content (AvgIpc) is 2.41. The van der Waals surface area contributed by atoms with Gasteiger partial charge in [-0.15, -0.1) is 4.91 Å². The highest BCUT2D eigenvalue weighted by Gasteiger charge is 2.01. The number of fused-ring (bicyclic) bond motifs is 1. The lowest BCUT2D eigenvalue weighted by molar-refractivity contribution is 1.35. The predicted octanol–water partition coefficient (Wildman–Crippen LogP) is 2.51. The van der Waals surface area contributed by atoms with Gasteiger partial charge in [-0.05, 0) is 29.5 Å². The van der Waals surface area contributed by atoms with Gasteiger partial charge in [-0.2, -0.15) is 5.10 Å². The van der Waals surface area contributed by atoms with E-state index in [1.54, 1.807) is 30.5 Å². The van der Waals surface area contributed by atoms with E-state index in [1.165, 1.54) is 0 Å². The molecule has 2 rings (SSSR count). The molecule has 4 nitrogen and oxygen atoms in total. The molecule has 0 bridgehead atoms. The Bertz CT molecular complexity index is 396. The SMILES string of the molecule is O=Nc1ccc2c(c1)C=CC=NN2. The minimum atomic E-state index is 0.423. The van der Waals surface area contributed by atoms with E-state index in [-0.39, 0.29) is 0 Å². The van der Waals surface area contributed by atoms with Crippen molar-refractivity contribution in [1.29, 1.82) is 0 Å². The van der Waals surface area contributed by atoms with Gasteiger partial charge in [0.05, 0.1) is 5.69 Å². The fraction of sp³-hybridized carbons (Fsp3) is 0. The van der Waals surface area contributed by atoms with Crippen molar-refractivity contribution in [2.45, 2.75) is 0 Å². The van der Waals surface area contributed by atoms with Crippen LogP contribution in [0.1, 0.15) is 5.56 Å². The Balaban J connectivity index is 2.51. The number of benzene rings is 1. The van der Waals surface area contributed by atoms with Crippen LogP contribution in [0.3, 0.4) is 0 Å². The normalized spacial score (nSPS) is 12.9. The lowest BCUT2D eigenvalue weighted by Crippen LogP contribution is -1.88. The molecule has 0 radical (unpaired) electrons. The maximum absolute atomic E-state index is 10.3. The number of nitrogens with one attached hydrogen (secondary N) is 1. The summed E-state index contributed by atoms with van der Waals surface area (Å²) >= 11 is 0. The average molecular weight is 173 g/mol. The maximum Gasteiger partial charge on any atom is 0.108 e. The lowest BCUT2D eigenvalue weighted by atomic mass is 10.1. The van der Waals surface area contributed by atoms with Gasteiger partial charge in [-0.25, -0.2) is 0 Å². The summed E-state index contributed by atoms with van der Waals surface area (Å²) < 4.78 is 0. The summed E-state index contributed by atoms with van der Waals surface area (Å²) in [5.74, 6) is 0. The number of nitrogens with zero attached hydrogens (tertiary/aromatic N) is 2. The Morgan fingerprint density at radius 3 is 3.15 bits per heavy atom. The van der Waals surface area contributed by atoms with Gasteiger partial charge in [0.1, 0.15) is 5.69 Å². The van der Waals surface area contributed by atoms with Crippen LogP contribution in [0, 0.1) is 4.91 Å². The van der Waals surface area contributed by atoms with Gasteiger partial charge in [-0.3, -0.25) is 5.43 Å². The van der Waals surface area contributed by atoms with E-state index in [0.717, 1.165) is 11.3 Å². The fourth-order valence-electron chi connectivity index (χ4n) is 1.14. The first kappa shape index (κ1) is 7.67. The quantitative estimate of drug-likeness (QED) is 0.663. The third-order valence-corrected chi connectivity index (χ3v) is 1.76. The summed E-state index contributed by atoms with van der Waals surface area (Å²) in [7, 11) is 0. The second-order valence-corrected chi connectivity index (χ2v) is 2.61. The van der Waals surface area contributed by atoms with Crippen molar-refractivity contribution in [3.63, 3.8) is 0 Å². The molecule has 1 aromatic rings. The predicted molar refractivity (Wildman–Crippen MR) is 53.0 cm³/mol. The van der Waals surface area contributed by atoms with E-state index in [2.05, 4.69) is 15.7 Å². The molecular weight excluding hydrogens is 166 g/mol. The summed E-state index contributed by atoms with van der Waals surface area (Å²) in [6.07, 6.45) is 5.31. The summed E-state index contributed by atoms with van der Waals surface area (Å²) in [5, 5.41) is 6.75. The molecule has 0 atom stereocenters. The van der Waals surface area contributed by atoms with Crippen molar-refractivity contribution in [2.75, 3.05) is 5.43 Å². The van der Waals surface area contributed by atoms with E-state index in [0.29, 0.717) is 5.69 Å². The van der Waals surface area contributed by atoms with E-state index in [4.69, 9.17) is 0 Å². The Labute approximate surface area is 74.9 Å². The van der Waals surface area contributed by atoms with Crippen LogP contribution in [0.5, 0.6) is 0 Å². The molecule has 0 fully saturated rings. The minimum Gasteiger partial charge on any atom is -0.278 e. The lowest BCUT2D eigenvalue weighted by Gasteiger charge is -2.02. The highest BCUT2D eigenvalue weighted by molar-refractivity contribution is 5.84. The molecular formula is C9H7N3O. The van der Waals surface area contributed by atoms with Crippen LogP contribution in [0.15, 0.2) is 34.6 Å². The molecule has 0 aliphatic carbocycles. The van der Waals surface area contributed by atoms with Crippen LogP contribution in [0.2, 0.25) is 0 Å². The van der Waals surface area contributed by atoms with Crippen molar-refractivity contribution >= 4 is 23.7 Å². The van der Waals surface area contributed by atoms with Crippen LogP contribution >= 0.6 is 0 Å². The molecule has 0 saturated carbocycles. The highest BCUT2D eigenvalue weighted by atomic mass is 16.3. The second kappa shape index (κ2) is 3.18. The largest absolute Gasteiger partial charge is 0.278 e. The second-order valence-electron chi connectivity index (χ2n) is 2.61. The molecule has 1 aromatic carbocycles. The van der Waals surface area contributed by atoms with Gasteiger partial charge in [-0.1, -0.05) is 6.08 Å². The van der Waals surface area contributed by atoms with Gasteiger partial charge in [0, 0.05) is 11.8 Å². The highest BCUT2D eigenvalue weighted by Crippen LogP contribution is 2.24. The summed E-state index contributed by atoms with van der Waals surface area (Å²) in [4.78, 5) is 10.3. The molecule has 1 aliphatic rings. The number of rotatable bonds is 1. The summed E-state index contributed by atoms with van der Waals surface area (Å²) in [6, 6.07) is 5.13. The number of hydrazone groups is 1. The number of allylic oxidation sites excluding steroid dienone is 1. The Kier molecular flexibility index (Phi) is 1.88. The van der Waals surface area contributed by atoms with Gasteiger partial charge in [0.15, 0.2) is 0 Å². The number of hydrogen-bond acceptors (Lipinski definition) is 4. The molecule has 1 heterocycles.